The van der Waals surface area contributed by atoms with E-state index in [1.807, 2.05) is 60.7 Å². The van der Waals surface area contributed by atoms with Gasteiger partial charge in [0.2, 0.25) is 11.8 Å². The molecule has 0 aliphatic heterocycles. The molecule has 0 saturated heterocycles. The highest BCUT2D eigenvalue weighted by atomic mass is 16.5. The molecule has 1 N–H and O–H groups in total. The maximum Gasteiger partial charge on any atom is 0.243 e. The summed E-state index contributed by atoms with van der Waals surface area (Å²) in [6.07, 6.45) is 0.459. The number of ether oxygens (including phenoxy) is 4. The molecule has 0 heterocycles. The van der Waals surface area contributed by atoms with Gasteiger partial charge in [0, 0.05) is 26.6 Å². The van der Waals surface area contributed by atoms with Crippen LogP contribution in [0.2, 0.25) is 0 Å². The van der Waals surface area contributed by atoms with Gasteiger partial charge in [-0.3, -0.25) is 9.59 Å². The minimum atomic E-state index is -0.732. The normalized spacial score (nSPS) is 11.4. The topological polar surface area (TPSA) is 86.3 Å². The van der Waals surface area contributed by atoms with Gasteiger partial charge in [0.05, 0.1) is 34.4 Å². The molecule has 1 unspecified atom stereocenters. The van der Waals surface area contributed by atoms with Crippen molar-refractivity contribution < 1.29 is 28.5 Å². The first-order valence-corrected chi connectivity index (χ1v) is 12.4. The third-order valence-corrected chi connectivity index (χ3v) is 6.19. The second kappa shape index (κ2) is 14.6. The molecule has 3 aromatic rings. The van der Waals surface area contributed by atoms with Crippen molar-refractivity contribution in [3.63, 3.8) is 0 Å². The average molecular weight is 521 g/mol. The van der Waals surface area contributed by atoms with Gasteiger partial charge < -0.3 is 29.2 Å². The highest BCUT2D eigenvalue weighted by molar-refractivity contribution is 5.89. The molecule has 0 aliphatic carbocycles. The second-order valence-corrected chi connectivity index (χ2v) is 8.73. The fourth-order valence-corrected chi connectivity index (χ4v) is 4.14. The quantitative estimate of drug-likeness (QED) is 0.327. The zero-order valence-corrected chi connectivity index (χ0v) is 22.4. The number of amides is 2. The van der Waals surface area contributed by atoms with Gasteiger partial charge >= 0.3 is 0 Å². The van der Waals surface area contributed by atoms with Gasteiger partial charge in [0.15, 0.2) is 11.5 Å². The van der Waals surface area contributed by atoms with E-state index in [4.69, 9.17) is 18.9 Å². The number of nitrogens with zero attached hydrogens (tertiary/aromatic N) is 1. The van der Waals surface area contributed by atoms with Gasteiger partial charge in [0.25, 0.3) is 0 Å². The van der Waals surface area contributed by atoms with Crippen LogP contribution < -0.4 is 19.5 Å². The van der Waals surface area contributed by atoms with E-state index in [1.54, 1.807) is 45.5 Å². The zero-order valence-electron chi connectivity index (χ0n) is 22.4. The van der Waals surface area contributed by atoms with Crippen LogP contribution in [0.5, 0.6) is 17.2 Å². The van der Waals surface area contributed by atoms with Gasteiger partial charge in [-0.25, -0.2) is 0 Å². The minimum absolute atomic E-state index is 0.0904. The zero-order chi connectivity index (χ0) is 27.3. The van der Waals surface area contributed by atoms with Crippen molar-refractivity contribution in [2.24, 2.45) is 0 Å². The summed E-state index contributed by atoms with van der Waals surface area (Å²) in [5.41, 5.74) is 2.60. The number of carbonyl (C=O) groups excluding carboxylic acids is 2. The van der Waals surface area contributed by atoms with Gasteiger partial charge in [-0.1, -0.05) is 48.5 Å². The lowest BCUT2D eigenvalue weighted by Crippen LogP contribution is -2.51. The third kappa shape index (κ3) is 7.98. The van der Waals surface area contributed by atoms with Gasteiger partial charge in [-0.15, -0.1) is 0 Å². The molecule has 8 heteroatoms. The second-order valence-electron chi connectivity index (χ2n) is 8.73. The van der Waals surface area contributed by atoms with E-state index >= 15 is 0 Å². The van der Waals surface area contributed by atoms with Crippen molar-refractivity contribution in [3.8, 4) is 17.2 Å². The summed E-state index contributed by atoms with van der Waals surface area (Å²) in [7, 11) is 6.31. The predicted molar refractivity (Wildman–Crippen MR) is 146 cm³/mol. The van der Waals surface area contributed by atoms with Crippen LogP contribution in [0.15, 0.2) is 72.8 Å². The lowest BCUT2D eigenvalue weighted by molar-refractivity contribution is -0.140. The molecule has 0 radical (unpaired) electrons. The van der Waals surface area contributed by atoms with E-state index < -0.39 is 6.04 Å². The van der Waals surface area contributed by atoms with Crippen LogP contribution in [0.4, 0.5) is 0 Å². The molecule has 0 aromatic heterocycles. The summed E-state index contributed by atoms with van der Waals surface area (Å²) in [4.78, 5) is 29.0. The molecule has 202 valence electrons. The van der Waals surface area contributed by atoms with Crippen molar-refractivity contribution in [2.45, 2.75) is 25.4 Å². The lowest BCUT2D eigenvalue weighted by Gasteiger charge is -2.32. The summed E-state index contributed by atoms with van der Waals surface area (Å²) in [5.74, 6) is 1.42. The number of hydrogen-bond donors (Lipinski definition) is 1. The summed E-state index contributed by atoms with van der Waals surface area (Å²) in [6, 6.07) is 21.8. The SMILES string of the molecule is COCCNC(=O)C(Cc1ccccc1)N(Cc1ccc(OC)cc1)C(=O)Cc1ccc(OC)c(OC)c1. The van der Waals surface area contributed by atoms with Crippen molar-refractivity contribution >= 4 is 11.8 Å². The van der Waals surface area contributed by atoms with E-state index in [-0.39, 0.29) is 24.8 Å². The largest absolute Gasteiger partial charge is 0.497 e. The first-order valence-electron chi connectivity index (χ1n) is 12.4. The van der Waals surface area contributed by atoms with Crippen LogP contribution in [-0.2, 0) is 33.7 Å². The molecular formula is C30H36N2O6. The summed E-state index contributed by atoms with van der Waals surface area (Å²) in [6.45, 7) is 0.980. The molecule has 0 spiro atoms. The molecular weight excluding hydrogens is 484 g/mol. The van der Waals surface area contributed by atoms with Crippen LogP contribution in [-0.4, -0.2) is 64.3 Å². The van der Waals surface area contributed by atoms with Gasteiger partial charge in [-0.05, 0) is 41.0 Å². The summed E-state index contributed by atoms with van der Waals surface area (Å²) >= 11 is 0. The van der Waals surface area contributed by atoms with Crippen molar-refractivity contribution in [2.75, 3.05) is 41.6 Å². The molecule has 0 bridgehead atoms. The van der Waals surface area contributed by atoms with Crippen LogP contribution in [0.1, 0.15) is 16.7 Å². The highest BCUT2D eigenvalue weighted by Gasteiger charge is 2.30. The smallest absolute Gasteiger partial charge is 0.243 e. The maximum atomic E-state index is 13.9. The van der Waals surface area contributed by atoms with E-state index in [0.717, 1.165) is 22.4 Å². The predicted octanol–water partition coefficient (Wildman–Crippen LogP) is 3.66. The summed E-state index contributed by atoms with van der Waals surface area (Å²) in [5, 5.41) is 2.93. The molecule has 0 saturated carbocycles. The number of methoxy groups -OCH3 is 4. The average Bonchev–Trinajstić information content (AvgIpc) is 2.95. The Balaban J connectivity index is 1.96. The molecule has 0 fully saturated rings. The fraction of sp³-hybridized carbons (Fsp3) is 0.333. The highest BCUT2D eigenvalue weighted by Crippen LogP contribution is 2.28. The number of rotatable bonds is 14. The van der Waals surface area contributed by atoms with E-state index in [9.17, 15) is 9.59 Å². The van der Waals surface area contributed by atoms with Gasteiger partial charge in [0.1, 0.15) is 11.8 Å². The van der Waals surface area contributed by atoms with Crippen LogP contribution in [0.25, 0.3) is 0 Å². The molecule has 0 aliphatic rings. The van der Waals surface area contributed by atoms with Crippen molar-refractivity contribution in [3.05, 3.63) is 89.5 Å². The molecule has 2 amide bonds. The first kappa shape index (κ1) is 28.5. The Bertz CT molecular complexity index is 1170. The molecule has 3 rings (SSSR count). The first-order chi connectivity index (χ1) is 18.5. The molecule has 38 heavy (non-hydrogen) atoms. The Morgan fingerprint density at radius 2 is 1.47 bits per heavy atom. The number of benzene rings is 3. The summed E-state index contributed by atoms with van der Waals surface area (Å²) < 4.78 is 21.1. The monoisotopic (exact) mass is 520 g/mol. The Kier molecular flexibility index (Phi) is 11.0. The number of hydrogen-bond acceptors (Lipinski definition) is 6. The van der Waals surface area contributed by atoms with Crippen LogP contribution in [0.3, 0.4) is 0 Å². The maximum absolute atomic E-state index is 13.9. The molecule has 8 nitrogen and oxygen atoms in total. The fourth-order valence-electron chi connectivity index (χ4n) is 4.14. The Morgan fingerprint density at radius 3 is 2.11 bits per heavy atom. The molecule has 3 aromatic carbocycles. The lowest BCUT2D eigenvalue weighted by atomic mass is 10.0. The Morgan fingerprint density at radius 1 is 0.789 bits per heavy atom. The number of carbonyl (C=O) groups is 2. The van der Waals surface area contributed by atoms with E-state index in [0.29, 0.717) is 31.1 Å². The minimum Gasteiger partial charge on any atom is -0.497 e. The molecule has 1 atom stereocenters. The van der Waals surface area contributed by atoms with Crippen LogP contribution in [0, 0.1) is 0 Å². The Labute approximate surface area is 224 Å². The van der Waals surface area contributed by atoms with Gasteiger partial charge in [-0.2, -0.15) is 0 Å². The number of nitrogens with one attached hydrogen (secondary N) is 1. The Hall–Kier alpha value is -4.04. The third-order valence-electron chi connectivity index (χ3n) is 6.19. The van der Waals surface area contributed by atoms with Crippen molar-refractivity contribution in [1.82, 2.24) is 10.2 Å². The van der Waals surface area contributed by atoms with Crippen molar-refractivity contribution in [1.29, 1.82) is 0 Å². The standard InChI is InChI=1S/C30H36N2O6/c1-35-17-16-31-30(34)26(18-22-8-6-5-7-9-22)32(21-23-10-13-25(36-2)14-11-23)29(33)20-24-12-15-27(37-3)28(19-24)38-4/h5-15,19,26H,16-18,20-21H2,1-4H3,(H,31,34). The van der Waals surface area contributed by atoms with E-state index in [1.165, 1.54) is 0 Å². The van der Waals surface area contributed by atoms with Crippen LogP contribution >= 0.6 is 0 Å². The van der Waals surface area contributed by atoms with E-state index in [2.05, 4.69) is 5.32 Å².